The van der Waals surface area contributed by atoms with Crippen LogP contribution in [-0.4, -0.2) is 30.7 Å². The molecule has 1 aliphatic carbocycles. The van der Waals surface area contributed by atoms with Gasteiger partial charge in [-0.2, -0.15) is 0 Å². The Balaban J connectivity index is 2.67. The van der Waals surface area contributed by atoms with E-state index in [1.165, 1.54) is 6.92 Å². The molecule has 5 nitrogen and oxygen atoms in total. The lowest BCUT2D eigenvalue weighted by Crippen LogP contribution is -2.37. The van der Waals surface area contributed by atoms with Gasteiger partial charge in [-0.25, -0.2) is 0 Å². The fourth-order valence-corrected chi connectivity index (χ4v) is 2.77. The van der Waals surface area contributed by atoms with Crippen LogP contribution in [0.25, 0.3) is 0 Å². The molecule has 0 radical (unpaired) electrons. The standard InChI is InChI=1S/C16H25NO4/c1-5-10-20-17-9-8-12(3)16(21-13(4)18)15-11(2)6-7-14(15)19/h5,9,11-12,15-16H,1,6-8,10H2,2-4H3/b17-9-/t11?,12-,15-,16-/m1/s1. The maximum atomic E-state index is 12.1. The van der Waals surface area contributed by atoms with E-state index in [9.17, 15) is 9.59 Å². The summed E-state index contributed by atoms with van der Waals surface area (Å²) < 4.78 is 5.44. The van der Waals surface area contributed by atoms with Gasteiger partial charge < -0.3 is 9.57 Å². The number of esters is 1. The zero-order chi connectivity index (χ0) is 15.8. The van der Waals surface area contributed by atoms with E-state index in [2.05, 4.69) is 11.7 Å². The van der Waals surface area contributed by atoms with E-state index < -0.39 is 6.10 Å². The summed E-state index contributed by atoms with van der Waals surface area (Å²) in [7, 11) is 0. The van der Waals surface area contributed by atoms with Gasteiger partial charge in [0.2, 0.25) is 0 Å². The van der Waals surface area contributed by atoms with Crippen molar-refractivity contribution in [1.29, 1.82) is 0 Å². The number of oxime groups is 1. The van der Waals surface area contributed by atoms with E-state index in [1.807, 2.05) is 13.8 Å². The molecule has 21 heavy (non-hydrogen) atoms. The first kappa shape index (κ1) is 17.4. The SMILES string of the molecule is C=CCO/N=C\C[C@@H](C)[C@@H](OC(C)=O)[C@H]1C(=O)CCC1C. The van der Waals surface area contributed by atoms with Crippen molar-refractivity contribution in [1.82, 2.24) is 0 Å². The average molecular weight is 295 g/mol. The van der Waals surface area contributed by atoms with Crippen molar-refractivity contribution in [3.05, 3.63) is 12.7 Å². The lowest BCUT2D eigenvalue weighted by atomic mass is 9.83. The third-order valence-corrected chi connectivity index (χ3v) is 3.87. The molecule has 0 saturated heterocycles. The van der Waals surface area contributed by atoms with Crippen molar-refractivity contribution in [2.24, 2.45) is 22.9 Å². The minimum absolute atomic E-state index is 0.0134. The zero-order valence-corrected chi connectivity index (χ0v) is 13.1. The number of carbonyl (C=O) groups excluding carboxylic acids is 2. The zero-order valence-electron chi connectivity index (χ0n) is 13.1. The van der Waals surface area contributed by atoms with Crippen molar-refractivity contribution in [3.8, 4) is 0 Å². The highest BCUT2D eigenvalue weighted by atomic mass is 16.6. The van der Waals surface area contributed by atoms with Gasteiger partial charge in [-0.3, -0.25) is 9.59 Å². The van der Waals surface area contributed by atoms with Crippen LogP contribution in [0.3, 0.4) is 0 Å². The highest BCUT2D eigenvalue weighted by Gasteiger charge is 2.41. The van der Waals surface area contributed by atoms with E-state index in [4.69, 9.17) is 9.57 Å². The quantitative estimate of drug-likeness (QED) is 0.227. The molecule has 5 heteroatoms. The number of rotatable bonds is 8. The molecule has 0 amide bonds. The summed E-state index contributed by atoms with van der Waals surface area (Å²) in [4.78, 5) is 28.3. The van der Waals surface area contributed by atoms with Crippen LogP contribution in [-0.2, 0) is 19.2 Å². The van der Waals surface area contributed by atoms with Crippen LogP contribution < -0.4 is 0 Å². The minimum Gasteiger partial charge on any atom is -0.461 e. The molecule has 1 rings (SSSR count). The average Bonchev–Trinajstić information content (AvgIpc) is 2.75. The Morgan fingerprint density at radius 3 is 2.81 bits per heavy atom. The second-order valence-electron chi connectivity index (χ2n) is 5.67. The monoisotopic (exact) mass is 295 g/mol. The van der Waals surface area contributed by atoms with Crippen LogP contribution in [0.1, 0.15) is 40.0 Å². The molecule has 1 fully saturated rings. The molecule has 1 aliphatic rings. The molecule has 0 spiro atoms. The summed E-state index contributed by atoms with van der Waals surface area (Å²) in [5, 5.41) is 3.81. The van der Waals surface area contributed by atoms with Gasteiger partial charge >= 0.3 is 5.97 Å². The van der Waals surface area contributed by atoms with Crippen molar-refractivity contribution < 1.29 is 19.2 Å². The first-order valence-corrected chi connectivity index (χ1v) is 7.42. The molecular formula is C16H25NO4. The number of hydrogen-bond donors (Lipinski definition) is 0. The van der Waals surface area contributed by atoms with E-state index in [0.717, 1.165) is 6.42 Å². The second-order valence-corrected chi connectivity index (χ2v) is 5.67. The smallest absolute Gasteiger partial charge is 0.302 e. The third kappa shape index (κ3) is 5.33. The molecule has 0 bridgehead atoms. The number of ketones is 1. The fourth-order valence-electron chi connectivity index (χ4n) is 2.77. The summed E-state index contributed by atoms with van der Waals surface area (Å²) in [6.45, 7) is 9.27. The number of ether oxygens (including phenoxy) is 1. The van der Waals surface area contributed by atoms with Crippen LogP contribution in [0, 0.1) is 17.8 Å². The summed E-state index contributed by atoms with van der Waals surface area (Å²) in [5.41, 5.74) is 0. The van der Waals surface area contributed by atoms with Crippen molar-refractivity contribution in [2.45, 2.75) is 46.1 Å². The van der Waals surface area contributed by atoms with Crippen LogP contribution in [0.4, 0.5) is 0 Å². The second kappa shape index (κ2) is 8.60. The van der Waals surface area contributed by atoms with Crippen molar-refractivity contribution in [2.75, 3.05) is 6.61 Å². The summed E-state index contributed by atoms with van der Waals surface area (Å²) >= 11 is 0. The summed E-state index contributed by atoms with van der Waals surface area (Å²) in [6.07, 6.45) is 4.90. The topological polar surface area (TPSA) is 65.0 Å². The maximum Gasteiger partial charge on any atom is 0.302 e. The number of carbonyl (C=O) groups is 2. The van der Waals surface area contributed by atoms with Gasteiger partial charge in [0.1, 0.15) is 18.5 Å². The molecule has 4 atom stereocenters. The van der Waals surface area contributed by atoms with Crippen LogP contribution in [0.5, 0.6) is 0 Å². The highest BCUT2D eigenvalue weighted by Crippen LogP contribution is 2.35. The minimum atomic E-state index is -0.390. The Hall–Kier alpha value is -1.65. The number of Topliss-reactive ketones (excluding diaryl/α,β-unsaturated/α-hetero) is 1. The fraction of sp³-hybridized carbons (Fsp3) is 0.688. The molecular weight excluding hydrogens is 270 g/mol. The van der Waals surface area contributed by atoms with Gasteiger partial charge in [0.25, 0.3) is 0 Å². The van der Waals surface area contributed by atoms with Gasteiger partial charge in [0, 0.05) is 19.6 Å². The number of nitrogens with zero attached hydrogens (tertiary/aromatic N) is 1. The van der Waals surface area contributed by atoms with E-state index >= 15 is 0 Å². The largest absolute Gasteiger partial charge is 0.461 e. The van der Waals surface area contributed by atoms with Gasteiger partial charge in [0.15, 0.2) is 0 Å². The summed E-state index contributed by atoms with van der Waals surface area (Å²) in [5.74, 6) is -0.0943. The van der Waals surface area contributed by atoms with Gasteiger partial charge in [0.05, 0.1) is 5.92 Å². The van der Waals surface area contributed by atoms with Crippen LogP contribution in [0.15, 0.2) is 17.8 Å². The number of hydrogen-bond acceptors (Lipinski definition) is 5. The van der Waals surface area contributed by atoms with Crippen LogP contribution >= 0.6 is 0 Å². The molecule has 1 saturated carbocycles. The molecule has 0 aliphatic heterocycles. The maximum absolute atomic E-state index is 12.1. The highest BCUT2D eigenvalue weighted by molar-refractivity contribution is 5.84. The molecule has 0 heterocycles. The molecule has 1 unspecified atom stereocenters. The molecule has 0 aromatic heterocycles. The Bertz CT molecular complexity index is 405. The molecule has 0 aromatic rings. The molecule has 118 valence electrons. The molecule has 0 N–H and O–H groups in total. The first-order valence-electron chi connectivity index (χ1n) is 7.42. The lowest BCUT2D eigenvalue weighted by molar-refractivity contribution is -0.154. The Labute approximate surface area is 126 Å². The van der Waals surface area contributed by atoms with Gasteiger partial charge in [-0.05, 0) is 24.7 Å². The van der Waals surface area contributed by atoms with Crippen molar-refractivity contribution in [3.63, 3.8) is 0 Å². The molecule has 0 aromatic carbocycles. The summed E-state index contributed by atoms with van der Waals surface area (Å²) in [6, 6.07) is 0. The van der Waals surface area contributed by atoms with Crippen molar-refractivity contribution >= 4 is 18.0 Å². The Morgan fingerprint density at radius 2 is 2.29 bits per heavy atom. The van der Waals surface area contributed by atoms with E-state index in [0.29, 0.717) is 19.4 Å². The lowest BCUT2D eigenvalue weighted by Gasteiger charge is -2.29. The third-order valence-electron chi connectivity index (χ3n) is 3.87. The predicted octanol–water partition coefficient (Wildman–Crippen LogP) is 2.75. The van der Waals surface area contributed by atoms with E-state index in [1.54, 1.807) is 12.3 Å². The predicted molar refractivity (Wildman–Crippen MR) is 80.9 cm³/mol. The van der Waals surface area contributed by atoms with E-state index in [-0.39, 0.29) is 29.5 Å². The first-order chi connectivity index (χ1) is 9.97. The Morgan fingerprint density at radius 1 is 1.57 bits per heavy atom. The Kier molecular flexibility index (Phi) is 7.12. The van der Waals surface area contributed by atoms with Gasteiger partial charge in [-0.15, -0.1) is 0 Å². The normalized spacial score (nSPS) is 24.8. The van der Waals surface area contributed by atoms with Crippen LogP contribution in [0.2, 0.25) is 0 Å². The van der Waals surface area contributed by atoms with Gasteiger partial charge in [-0.1, -0.05) is 31.7 Å².